The van der Waals surface area contributed by atoms with E-state index < -0.39 is 10.0 Å². The van der Waals surface area contributed by atoms with Crippen molar-refractivity contribution >= 4 is 15.7 Å². The van der Waals surface area contributed by atoms with E-state index >= 15 is 0 Å². The Morgan fingerprint density at radius 2 is 2.11 bits per heavy atom. The van der Waals surface area contributed by atoms with Gasteiger partial charge < -0.3 is 9.88 Å². The minimum atomic E-state index is -3.44. The first kappa shape index (κ1) is 13.6. The van der Waals surface area contributed by atoms with Gasteiger partial charge in [-0.15, -0.1) is 0 Å². The first-order valence-corrected chi connectivity index (χ1v) is 7.34. The van der Waals surface area contributed by atoms with E-state index in [1.807, 2.05) is 10.8 Å². The van der Waals surface area contributed by atoms with Crippen LogP contribution >= 0.6 is 0 Å². The Kier molecular flexibility index (Phi) is 4.18. The van der Waals surface area contributed by atoms with Crippen LogP contribution in [0.15, 0.2) is 47.9 Å². The molecule has 1 aromatic heterocycles. The second kappa shape index (κ2) is 5.85. The van der Waals surface area contributed by atoms with Crippen molar-refractivity contribution in [2.45, 2.75) is 11.4 Å². The summed E-state index contributed by atoms with van der Waals surface area (Å²) in [4.78, 5) is 4.20. The third kappa shape index (κ3) is 3.33. The Morgan fingerprint density at radius 3 is 2.79 bits per heavy atom. The summed E-state index contributed by atoms with van der Waals surface area (Å²) in [6.07, 6.45) is 5.29. The van der Waals surface area contributed by atoms with E-state index in [0.717, 1.165) is 0 Å². The summed E-state index contributed by atoms with van der Waals surface area (Å²) < 4.78 is 27.9. The van der Waals surface area contributed by atoms with E-state index in [1.165, 1.54) is 7.05 Å². The van der Waals surface area contributed by atoms with E-state index in [-0.39, 0.29) is 4.90 Å². The van der Waals surface area contributed by atoms with Gasteiger partial charge in [0, 0.05) is 25.5 Å². The van der Waals surface area contributed by atoms with Crippen molar-refractivity contribution in [3.63, 3.8) is 0 Å². The minimum absolute atomic E-state index is 0.253. The van der Waals surface area contributed by atoms with E-state index in [9.17, 15) is 8.42 Å². The smallest absolute Gasteiger partial charge is 0.242 e. The molecule has 6 nitrogen and oxygen atoms in total. The van der Waals surface area contributed by atoms with Crippen molar-refractivity contribution in [2.75, 3.05) is 18.9 Å². The molecule has 102 valence electrons. The molecule has 0 saturated heterocycles. The summed E-state index contributed by atoms with van der Waals surface area (Å²) in [6.45, 7) is 1.33. The molecule has 0 bridgehead atoms. The van der Waals surface area contributed by atoms with Crippen LogP contribution in [-0.2, 0) is 16.6 Å². The van der Waals surface area contributed by atoms with Crippen LogP contribution < -0.4 is 10.0 Å². The van der Waals surface area contributed by atoms with Crippen LogP contribution in [-0.4, -0.2) is 31.6 Å². The van der Waals surface area contributed by atoms with Gasteiger partial charge in [-0.05, 0) is 19.2 Å². The number of imidazole rings is 1. The molecule has 1 aromatic carbocycles. The SMILES string of the molecule is CNS(=O)(=O)c1ccccc1NCCn1ccnc1. The van der Waals surface area contributed by atoms with Crippen LogP contribution in [0.25, 0.3) is 0 Å². The molecule has 0 fully saturated rings. The van der Waals surface area contributed by atoms with E-state index in [4.69, 9.17) is 0 Å². The summed E-state index contributed by atoms with van der Waals surface area (Å²) in [5.74, 6) is 0. The average molecular weight is 280 g/mol. The van der Waals surface area contributed by atoms with Gasteiger partial charge in [-0.2, -0.15) is 0 Å². The number of benzene rings is 1. The molecule has 0 spiro atoms. The van der Waals surface area contributed by atoms with Crippen LogP contribution in [0.5, 0.6) is 0 Å². The number of para-hydroxylation sites is 1. The van der Waals surface area contributed by atoms with Crippen LogP contribution in [0.3, 0.4) is 0 Å². The van der Waals surface area contributed by atoms with E-state index in [0.29, 0.717) is 18.8 Å². The maximum Gasteiger partial charge on any atom is 0.242 e. The molecule has 19 heavy (non-hydrogen) atoms. The maximum absolute atomic E-state index is 11.8. The average Bonchev–Trinajstić information content (AvgIpc) is 2.92. The predicted molar refractivity (Wildman–Crippen MR) is 73.4 cm³/mol. The number of nitrogens with zero attached hydrogens (tertiary/aromatic N) is 2. The van der Waals surface area contributed by atoms with Crippen LogP contribution in [0, 0.1) is 0 Å². The lowest BCUT2D eigenvalue weighted by Gasteiger charge is -2.12. The molecule has 0 amide bonds. The quantitative estimate of drug-likeness (QED) is 0.824. The molecule has 2 aromatic rings. The molecule has 0 aliphatic heterocycles. The topological polar surface area (TPSA) is 76.0 Å². The highest BCUT2D eigenvalue weighted by molar-refractivity contribution is 7.89. The number of rotatable bonds is 6. The first-order valence-electron chi connectivity index (χ1n) is 5.85. The Balaban J connectivity index is 2.08. The van der Waals surface area contributed by atoms with Crippen LogP contribution in [0.2, 0.25) is 0 Å². The number of hydrogen-bond acceptors (Lipinski definition) is 4. The van der Waals surface area contributed by atoms with Crippen LogP contribution in [0.4, 0.5) is 5.69 Å². The molecular formula is C12H16N4O2S. The zero-order valence-corrected chi connectivity index (χ0v) is 11.4. The largest absolute Gasteiger partial charge is 0.382 e. The summed E-state index contributed by atoms with van der Waals surface area (Å²) in [6, 6.07) is 6.82. The van der Waals surface area contributed by atoms with E-state index in [1.54, 1.807) is 36.8 Å². The van der Waals surface area contributed by atoms with Gasteiger partial charge in [0.15, 0.2) is 0 Å². The summed E-state index contributed by atoms with van der Waals surface area (Å²) in [5, 5.41) is 3.12. The van der Waals surface area contributed by atoms with Gasteiger partial charge in [0.25, 0.3) is 0 Å². The van der Waals surface area contributed by atoms with Gasteiger partial charge >= 0.3 is 0 Å². The van der Waals surface area contributed by atoms with Crippen molar-refractivity contribution in [1.82, 2.24) is 14.3 Å². The van der Waals surface area contributed by atoms with Crippen molar-refractivity contribution in [3.05, 3.63) is 43.0 Å². The Hall–Kier alpha value is -1.86. The van der Waals surface area contributed by atoms with Gasteiger partial charge in [-0.25, -0.2) is 18.1 Å². The molecule has 0 aliphatic rings. The predicted octanol–water partition coefficient (Wildman–Crippen LogP) is 0.903. The fourth-order valence-corrected chi connectivity index (χ4v) is 2.60. The van der Waals surface area contributed by atoms with Gasteiger partial charge in [0.2, 0.25) is 10.0 Å². The number of sulfonamides is 1. The van der Waals surface area contributed by atoms with Crippen molar-refractivity contribution in [3.8, 4) is 0 Å². The molecule has 0 unspecified atom stereocenters. The number of aromatic nitrogens is 2. The summed E-state index contributed by atoms with van der Waals surface area (Å²) >= 11 is 0. The lowest BCUT2D eigenvalue weighted by Crippen LogP contribution is -2.20. The molecule has 0 atom stereocenters. The van der Waals surface area contributed by atoms with Crippen molar-refractivity contribution < 1.29 is 8.42 Å². The minimum Gasteiger partial charge on any atom is -0.382 e. The van der Waals surface area contributed by atoms with Crippen LogP contribution in [0.1, 0.15) is 0 Å². The van der Waals surface area contributed by atoms with Gasteiger partial charge in [-0.1, -0.05) is 12.1 Å². The van der Waals surface area contributed by atoms with Crippen molar-refractivity contribution in [2.24, 2.45) is 0 Å². The summed E-state index contributed by atoms with van der Waals surface area (Å²) in [5.41, 5.74) is 0.594. The number of nitrogens with one attached hydrogen (secondary N) is 2. The lowest BCUT2D eigenvalue weighted by molar-refractivity contribution is 0.588. The molecule has 0 saturated carbocycles. The zero-order chi connectivity index (χ0) is 13.7. The summed E-state index contributed by atoms with van der Waals surface area (Å²) in [7, 11) is -2.04. The standard InChI is InChI=1S/C12H16N4O2S/c1-13-19(17,18)12-5-3-2-4-11(12)15-7-9-16-8-6-14-10-16/h2-6,8,10,13,15H,7,9H2,1H3. The molecule has 1 heterocycles. The molecular weight excluding hydrogens is 264 g/mol. The molecule has 2 N–H and O–H groups in total. The second-order valence-corrected chi connectivity index (χ2v) is 5.79. The van der Waals surface area contributed by atoms with Gasteiger partial charge in [-0.3, -0.25) is 0 Å². The molecule has 0 radical (unpaired) electrons. The lowest BCUT2D eigenvalue weighted by atomic mass is 10.3. The van der Waals surface area contributed by atoms with E-state index in [2.05, 4.69) is 15.0 Å². The second-order valence-electron chi connectivity index (χ2n) is 3.93. The van der Waals surface area contributed by atoms with Gasteiger partial charge in [0.1, 0.15) is 4.90 Å². The van der Waals surface area contributed by atoms with Crippen molar-refractivity contribution in [1.29, 1.82) is 0 Å². The molecule has 7 heteroatoms. The highest BCUT2D eigenvalue weighted by Gasteiger charge is 2.15. The Bertz CT molecular complexity index is 623. The maximum atomic E-state index is 11.8. The Labute approximate surface area is 112 Å². The third-order valence-electron chi connectivity index (χ3n) is 2.69. The molecule has 2 rings (SSSR count). The normalized spacial score (nSPS) is 11.4. The fraction of sp³-hybridized carbons (Fsp3) is 0.250. The monoisotopic (exact) mass is 280 g/mol. The highest BCUT2D eigenvalue weighted by atomic mass is 32.2. The number of anilines is 1. The Morgan fingerprint density at radius 1 is 1.32 bits per heavy atom. The number of hydrogen-bond donors (Lipinski definition) is 2. The zero-order valence-electron chi connectivity index (χ0n) is 10.6. The molecule has 0 aliphatic carbocycles. The highest BCUT2D eigenvalue weighted by Crippen LogP contribution is 2.19. The fourth-order valence-electron chi connectivity index (χ4n) is 1.70. The third-order valence-corrected chi connectivity index (χ3v) is 4.16. The first-order chi connectivity index (χ1) is 9.13. The van der Waals surface area contributed by atoms with Gasteiger partial charge in [0.05, 0.1) is 12.0 Å².